The van der Waals surface area contributed by atoms with Crippen molar-refractivity contribution in [3.05, 3.63) is 163 Å². The van der Waals surface area contributed by atoms with Crippen LogP contribution in [0.5, 0.6) is 0 Å². The quantitative estimate of drug-likeness (QED) is 0.201. The van der Waals surface area contributed by atoms with Gasteiger partial charge in [0.25, 0.3) is 0 Å². The lowest BCUT2D eigenvalue weighted by atomic mass is 9.80. The fraction of sp³-hybridized carbons (Fsp3) is 0.0682. The van der Waals surface area contributed by atoms with Gasteiger partial charge in [0.05, 0.1) is 0 Å². The first-order valence-corrected chi connectivity index (χ1v) is 16.1. The summed E-state index contributed by atoms with van der Waals surface area (Å²) in [6, 6.07) is 53.6. The van der Waals surface area contributed by atoms with Gasteiger partial charge in [-0.05, 0) is 61.0 Å². The molecule has 0 radical (unpaired) electrons. The van der Waals surface area contributed by atoms with Crippen LogP contribution in [0, 0.1) is 0 Å². The standard InChI is InChI=1S/C44H31N3/c1-44(2)38-24-12-23-37(39(38)36-26-25-29-14-7-9-21-35(29)40(36)44)43-46-41(30-15-4-3-5-16-30)45-42(47-43)32-19-10-18-31(27-32)34-22-11-17-28-13-6-8-20-33(28)34/h3-27H,1-2H3. The monoisotopic (exact) mass is 601 g/mol. The zero-order valence-electron chi connectivity index (χ0n) is 26.3. The number of benzene rings is 7. The molecule has 3 nitrogen and oxygen atoms in total. The molecule has 0 unspecified atom stereocenters. The SMILES string of the molecule is CC1(C)c2cccc(-c3nc(-c4ccccc4)nc(-c4cccc(-c5cccc6ccccc56)c4)n3)c2-c2ccc3ccccc3c21. The van der Waals surface area contributed by atoms with Gasteiger partial charge in [-0.25, -0.2) is 15.0 Å². The number of rotatable bonds is 4. The molecule has 1 aliphatic carbocycles. The van der Waals surface area contributed by atoms with Crippen molar-refractivity contribution in [3.8, 4) is 56.4 Å². The van der Waals surface area contributed by atoms with Gasteiger partial charge in [-0.3, -0.25) is 0 Å². The van der Waals surface area contributed by atoms with E-state index in [0.29, 0.717) is 17.5 Å². The fourth-order valence-corrected chi connectivity index (χ4v) is 7.48. The van der Waals surface area contributed by atoms with Crippen LogP contribution in [-0.4, -0.2) is 15.0 Å². The Kier molecular flexibility index (Phi) is 6.16. The van der Waals surface area contributed by atoms with Crippen molar-refractivity contribution >= 4 is 21.5 Å². The lowest BCUT2D eigenvalue weighted by Crippen LogP contribution is -2.15. The van der Waals surface area contributed by atoms with Crippen LogP contribution in [0.3, 0.4) is 0 Å². The molecular weight excluding hydrogens is 571 g/mol. The molecule has 0 atom stereocenters. The predicted molar refractivity (Wildman–Crippen MR) is 194 cm³/mol. The second kappa shape index (κ2) is 10.6. The summed E-state index contributed by atoms with van der Waals surface area (Å²) in [6.45, 7) is 4.67. The second-order valence-electron chi connectivity index (χ2n) is 12.8. The molecule has 0 bridgehead atoms. The van der Waals surface area contributed by atoms with Crippen LogP contribution in [0.15, 0.2) is 152 Å². The van der Waals surface area contributed by atoms with E-state index >= 15 is 0 Å². The number of fused-ring (bicyclic) bond motifs is 6. The summed E-state index contributed by atoms with van der Waals surface area (Å²) in [5.74, 6) is 2.00. The first kappa shape index (κ1) is 27.4. The highest BCUT2D eigenvalue weighted by atomic mass is 15.0. The number of hydrogen-bond acceptors (Lipinski definition) is 3. The smallest absolute Gasteiger partial charge is 0.164 e. The molecule has 7 aromatic carbocycles. The van der Waals surface area contributed by atoms with E-state index in [2.05, 4.69) is 147 Å². The van der Waals surface area contributed by atoms with E-state index in [4.69, 9.17) is 15.0 Å². The molecule has 1 heterocycles. The van der Waals surface area contributed by atoms with Crippen LogP contribution in [0.2, 0.25) is 0 Å². The molecule has 0 fully saturated rings. The van der Waals surface area contributed by atoms with Gasteiger partial charge in [0.2, 0.25) is 0 Å². The van der Waals surface area contributed by atoms with Crippen LogP contribution < -0.4 is 0 Å². The molecule has 3 heteroatoms. The predicted octanol–water partition coefficient (Wildman–Crippen LogP) is 11.2. The summed E-state index contributed by atoms with van der Waals surface area (Å²) in [7, 11) is 0. The van der Waals surface area contributed by atoms with Crippen molar-refractivity contribution < 1.29 is 0 Å². The lowest BCUT2D eigenvalue weighted by Gasteiger charge is -2.23. The van der Waals surface area contributed by atoms with Gasteiger partial charge in [0.1, 0.15) is 0 Å². The largest absolute Gasteiger partial charge is 0.208 e. The topological polar surface area (TPSA) is 38.7 Å². The molecule has 9 rings (SSSR count). The summed E-state index contributed by atoms with van der Waals surface area (Å²) < 4.78 is 0. The molecular formula is C44H31N3. The third kappa shape index (κ3) is 4.39. The summed E-state index contributed by atoms with van der Waals surface area (Å²) in [6.07, 6.45) is 0. The van der Waals surface area contributed by atoms with E-state index in [1.807, 2.05) is 18.2 Å². The zero-order chi connectivity index (χ0) is 31.5. The zero-order valence-corrected chi connectivity index (χ0v) is 26.3. The van der Waals surface area contributed by atoms with Gasteiger partial charge < -0.3 is 0 Å². The van der Waals surface area contributed by atoms with Crippen molar-refractivity contribution in [3.63, 3.8) is 0 Å². The molecule has 0 aliphatic heterocycles. The van der Waals surface area contributed by atoms with Crippen molar-refractivity contribution in [2.75, 3.05) is 0 Å². The Morgan fingerprint density at radius 3 is 1.81 bits per heavy atom. The van der Waals surface area contributed by atoms with E-state index in [9.17, 15) is 0 Å². The lowest BCUT2D eigenvalue weighted by molar-refractivity contribution is 0.666. The van der Waals surface area contributed by atoms with Crippen molar-refractivity contribution in [2.24, 2.45) is 0 Å². The number of aromatic nitrogens is 3. The molecule has 1 aliphatic rings. The Labute approximate surface area is 274 Å². The third-order valence-electron chi connectivity index (χ3n) is 9.69. The van der Waals surface area contributed by atoms with Crippen molar-refractivity contribution in [1.29, 1.82) is 0 Å². The highest BCUT2D eigenvalue weighted by Gasteiger charge is 2.38. The molecule has 1 aromatic heterocycles. The maximum atomic E-state index is 5.23. The molecule has 0 amide bonds. The van der Waals surface area contributed by atoms with E-state index in [1.165, 1.54) is 49.4 Å². The summed E-state index contributed by atoms with van der Waals surface area (Å²) >= 11 is 0. The van der Waals surface area contributed by atoms with Crippen LogP contribution in [0.1, 0.15) is 25.0 Å². The Balaban J connectivity index is 1.27. The molecule has 0 N–H and O–H groups in total. The Morgan fingerprint density at radius 1 is 0.404 bits per heavy atom. The molecule has 0 saturated carbocycles. The van der Waals surface area contributed by atoms with Crippen LogP contribution in [0.4, 0.5) is 0 Å². The van der Waals surface area contributed by atoms with Gasteiger partial charge in [-0.1, -0.05) is 159 Å². The molecule has 222 valence electrons. The molecule has 0 spiro atoms. The highest BCUT2D eigenvalue weighted by molar-refractivity contribution is 6.01. The van der Waals surface area contributed by atoms with E-state index in [0.717, 1.165) is 22.3 Å². The number of hydrogen-bond donors (Lipinski definition) is 0. The average molecular weight is 602 g/mol. The van der Waals surface area contributed by atoms with Crippen LogP contribution >= 0.6 is 0 Å². The minimum Gasteiger partial charge on any atom is -0.208 e. The second-order valence-corrected chi connectivity index (χ2v) is 12.8. The van der Waals surface area contributed by atoms with E-state index < -0.39 is 0 Å². The third-order valence-corrected chi connectivity index (χ3v) is 9.69. The minimum atomic E-state index is -0.174. The maximum absolute atomic E-state index is 5.23. The first-order chi connectivity index (χ1) is 23.1. The van der Waals surface area contributed by atoms with Gasteiger partial charge in [-0.15, -0.1) is 0 Å². The van der Waals surface area contributed by atoms with Crippen molar-refractivity contribution in [1.82, 2.24) is 15.0 Å². The van der Waals surface area contributed by atoms with Crippen LogP contribution in [0.25, 0.3) is 78.0 Å². The maximum Gasteiger partial charge on any atom is 0.164 e. The van der Waals surface area contributed by atoms with Crippen molar-refractivity contribution in [2.45, 2.75) is 19.3 Å². The van der Waals surface area contributed by atoms with Gasteiger partial charge >= 0.3 is 0 Å². The molecule has 47 heavy (non-hydrogen) atoms. The van der Waals surface area contributed by atoms with Gasteiger partial charge in [0.15, 0.2) is 17.5 Å². The first-order valence-electron chi connectivity index (χ1n) is 16.1. The normalized spacial score (nSPS) is 13.1. The minimum absolute atomic E-state index is 0.174. The Hall–Kier alpha value is -5.93. The average Bonchev–Trinajstić information content (AvgIpc) is 3.38. The number of nitrogens with zero attached hydrogens (tertiary/aromatic N) is 3. The summed E-state index contributed by atoms with van der Waals surface area (Å²) in [5, 5.41) is 5.00. The van der Waals surface area contributed by atoms with E-state index in [-0.39, 0.29) is 5.41 Å². The van der Waals surface area contributed by atoms with Gasteiger partial charge in [0, 0.05) is 22.1 Å². The Morgan fingerprint density at radius 2 is 0.979 bits per heavy atom. The Bertz CT molecular complexity index is 2490. The summed E-state index contributed by atoms with van der Waals surface area (Å²) in [5.41, 5.74) is 10.2. The highest BCUT2D eigenvalue weighted by Crippen LogP contribution is 2.54. The van der Waals surface area contributed by atoms with Crippen LogP contribution in [-0.2, 0) is 5.41 Å². The summed E-state index contributed by atoms with van der Waals surface area (Å²) in [4.78, 5) is 15.5. The van der Waals surface area contributed by atoms with Gasteiger partial charge in [-0.2, -0.15) is 0 Å². The molecule has 8 aromatic rings. The fourth-order valence-electron chi connectivity index (χ4n) is 7.48. The van der Waals surface area contributed by atoms with E-state index in [1.54, 1.807) is 0 Å². The molecule has 0 saturated heterocycles.